The Hall–Kier alpha value is -0.460. The zero-order valence-electron chi connectivity index (χ0n) is 8.42. The minimum absolute atomic E-state index is 0.860. The highest BCUT2D eigenvalue weighted by atomic mass is 15.1. The number of hydrogen-bond acceptors (Lipinski definition) is 1. The molecule has 0 spiro atoms. The lowest BCUT2D eigenvalue weighted by Crippen LogP contribution is -2.22. The normalized spacial score (nSPS) is 17.4. The molecule has 1 aliphatic rings. The van der Waals surface area contributed by atoms with E-state index in [1.165, 1.54) is 38.8 Å². The van der Waals surface area contributed by atoms with Crippen molar-refractivity contribution in [3.8, 4) is 0 Å². The Morgan fingerprint density at radius 2 is 2.25 bits per heavy atom. The van der Waals surface area contributed by atoms with Gasteiger partial charge in [0.05, 0.1) is 0 Å². The smallest absolute Gasteiger partial charge is 0.0175 e. The molecule has 12 heavy (non-hydrogen) atoms. The maximum Gasteiger partial charge on any atom is 0.0175 e. The molecule has 0 bridgehead atoms. The van der Waals surface area contributed by atoms with Crippen molar-refractivity contribution in [2.45, 2.75) is 39.5 Å². The molecule has 0 unspecified atom stereocenters. The molecule has 1 heteroatoms. The molecule has 0 saturated carbocycles. The quantitative estimate of drug-likeness (QED) is 0.622. The fourth-order valence-electron chi connectivity index (χ4n) is 1.60. The zero-order valence-corrected chi connectivity index (χ0v) is 8.42. The first-order valence-corrected chi connectivity index (χ1v) is 5.20. The topological polar surface area (TPSA) is 3.24 Å². The minimum atomic E-state index is 0.860. The van der Waals surface area contributed by atoms with E-state index >= 15 is 0 Å². The number of rotatable bonds is 4. The van der Waals surface area contributed by atoms with Crippen LogP contribution in [0.15, 0.2) is 12.3 Å². The summed E-state index contributed by atoms with van der Waals surface area (Å²) < 4.78 is 0. The summed E-state index contributed by atoms with van der Waals surface area (Å²) in [6.07, 6.45) is 9.90. The van der Waals surface area contributed by atoms with E-state index in [1.807, 2.05) is 0 Å². The van der Waals surface area contributed by atoms with E-state index in [-0.39, 0.29) is 0 Å². The SMILES string of the molecule is CC(C)CCCN1C=CCCC1. The Balaban J connectivity index is 2.06. The Morgan fingerprint density at radius 1 is 1.42 bits per heavy atom. The van der Waals surface area contributed by atoms with E-state index in [0.29, 0.717) is 0 Å². The summed E-state index contributed by atoms with van der Waals surface area (Å²) in [6, 6.07) is 0. The van der Waals surface area contributed by atoms with E-state index in [1.54, 1.807) is 0 Å². The van der Waals surface area contributed by atoms with E-state index in [2.05, 4.69) is 31.0 Å². The number of allylic oxidation sites excluding steroid dienone is 1. The predicted octanol–water partition coefficient (Wildman–Crippen LogP) is 3.03. The highest BCUT2D eigenvalue weighted by molar-refractivity contribution is 4.87. The first-order chi connectivity index (χ1) is 5.79. The molecule has 0 fully saturated rings. The third-order valence-corrected chi connectivity index (χ3v) is 2.36. The predicted molar refractivity (Wildman–Crippen MR) is 54.0 cm³/mol. The molecule has 0 aliphatic carbocycles. The van der Waals surface area contributed by atoms with Crippen LogP contribution in [0.2, 0.25) is 0 Å². The van der Waals surface area contributed by atoms with Crippen LogP contribution in [0, 0.1) is 5.92 Å². The highest BCUT2D eigenvalue weighted by Crippen LogP contribution is 2.09. The molecule has 0 saturated heterocycles. The van der Waals surface area contributed by atoms with Crippen LogP contribution in [-0.2, 0) is 0 Å². The monoisotopic (exact) mass is 167 g/mol. The Kier molecular flexibility index (Phi) is 4.20. The van der Waals surface area contributed by atoms with Crippen LogP contribution in [0.25, 0.3) is 0 Å². The molecule has 1 nitrogen and oxygen atoms in total. The summed E-state index contributed by atoms with van der Waals surface area (Å²) in [7, 11) is 0. The second-order valence-corrected chi connectivity index (χ2v) is 4.10. The van der Waals surface area contributed by atoms with Crippen LogP contribution >= 0.6 is 0 Å². The van der Waals surface area contributed by atoms with E-state index in [9.17, 15) is 0 Å². The van der Waals surface area contributed by atoms with Gasteiger partial charge in [0.25, 0.3) is 0 Å². The third-order valence-electron chi connectivity index (χ3n) is 2.36. The van der Waals surface area contributed by atoms with Crippen molar-refractivity contribution in [2.75, 3.05) is 13.1 Å². The van der Waals surface area contributed by atoms with Crippen molar-refractivity contribution in [1.82, 2.24) is 4.90 Å². The van der Waals surface area contributed by atoms with E-state index in [4.69, 9.17) is 0 Å². The Labute approximate surface area is 76.5 Å². The first-order valence-electron chi connectivity index (χ1n) is 5.20. The van der Waals surface area contributed by atoms with Crippen molar-refractivity contribution in [2.24, 2.45) is 5.92 Å². The molecule has 1 heterocycles. The number of nitrogens with zero attached hydrogens (tertiary/aromatic N) is 1. The summed E-state index contributed by atoms with van der Waals surface area (Å²) >= 11 is 0. The number of hydrogen-bond donors (Lipinski definition) is 0. The average Bonchev–Trinajstić information content (AvgIpc) is 2.05. The van der Waals surface area contributed by atoms with Crippen molar-refractivity contribution in [3.05, 3.63) is 12.3 Å². The highest BCUT2D eigenvalue weighted by Gasteiger charge is 2.02. The van der Waals surface area contributed by atoms with Gasteiger partial charge in [-0.3, -0.25) is 0 Å². The van der Waals surface area contributed by atoms with E-state index < -0.39 is 0 Å². The Bertz CT molecular complexity index is 138. The standard InChI is InChI=1S/C11H21N/c1-11(2)7-6-10-12-8-4-3-5-9-12/h4,8,11H,3,5-7,9-10H2,1-2H3. The lowest BCUT2D eigenvalue weighted by Gasteiger charge is -2.23. The summed E-state index contributed by atoms with van der Waals surface area (Å²) in [5.41, 5.74) is 0. The molecule has 0 N–H and O–H groups in total. The molecule has 0 aromatic rings. The molecular formula is C11H21N. The summed E-state index contributed by atoms with van der Waals surface area (Å²) in [5, 5.41) is 0. The lowest BCUT2D eigenvalue weighted by atomic mass is 10.1. The first kappa shape index (κ1) is 9.63. The van der Waals surface area contributed by atoms with Gasteiger partial charge in [-0.2, -0.15) is 0 Å². The van der Waals surface area contributed by atoms with E-state index in [0.717, 1.165) is 5.92 Å². The van der Waals surface area contributed by atoms with Gasteiger partial charge in [0.1, 0.15) is 0 Å². The largest absolute Gasteiger partial charge is 0.378 e. The second-order valence-electron chi connectivity index (χ2n) is 4.10. The van der Waals surface area contributed by atoms with Gasteiger partial charge in [0, 0.05) is 13.1 Å². The molecule has 0 amide bonds. The molecule has 1 rings (SSSR count). The van der Waals surface area contributed by atoms with Gasteiger partial charge < -0.3 is 4.90 Å². The van der Waals surface area contributed by atoms with Crippen molar-refractivity contribution in [3.63, 3.8) is 0 Å². The second kappa shape index (κ2) is 5.23. The van der Waals surface area contributed by atoms with Crippen molar-refractivity contribution >= 4 is 0 Å². The summed E-state index contributed by atoms with van der Waals surface area (Å²) in [6.45, 7) is 7.13. The van der Waals surface area contributed by atoms with Crippen LogP contribution in [0.4, 0.5) is 0 Å². The van der Waals surface area contributed by atoms with Crippen LogP contribution in [0.3, 0.4) is 0 Å². The van der Waals surface area contributed by atoms with Gasteiger partial charge in [0.15, 0.2) is 0 Å². The maximum absolute atomic E-state index is 2.45. The zero-order chi connectivity index (χ0) is 8.81. The van der Waals surface area contributed by atoms with Crippen LogP contribution in [0.1, 0.15) is 39.5 Å². The minimum Gasteiger partial charge on any atom is -0.378 e. The van der Waals surface area contributed by atoms with Crippen molar-refractivity contribution in [1.29, 1.82) is 0 Å². The summed E-state index contributed by atoms with van der Waals surface area (Å²) in [5.74, 6) is 0.860. The van der Waals surface area contributed by atoms with Gasteiger partial charge >= 0.3 is 0 Å². The molecule has 0 aromatic heterocycles. The molecule has 0 aromatic carbocycles. The van der Waals surface area contributed by atoms with Crippen LogP contribution < -0.4 is 0 Å². The third kappa shape index (κ3) is 3.80. The lowest BCUT2D eigenvalue weighted by molar-refractivity contribution is 0.336. The fraction of sp³-hybridized carbons (Fsp3) is 0.818. The van der Waals surface area contributed by atoms with Gasteiger partial charge in [-0.25, -0.2) is 0 Å². The van der Waals surface area contributed by atoms with Crippen molar-refractivity contribution < 1.29 is 0 Å². The fourth-order valence-corrected chi connectivity index (χ4v) is 1.60. The maximum atomic E-state index is 2.45. The van der Waals surface area contributed by atoms with Crippen LogP contribution in [-0.4, -0.2) is 18.0 Å². The van der Waals surface area contributed by atoms with Gasteiger partial charge in [0.2, 0.25) is 0 Å². The van der Waals surface area contributed by atoms with Gasteiger partial charge in [-0.1, -0.05) is 19.9 Å². The molecule has 0 radical (unpaired) electrons. The summed E-state index contributed by atoms with van der Waals surface area (Å²) in [4.78, 5) is 2.45. The molecule has 1 aliphatic heterocycles. The van der Waals surface area contributed by atoms with Crippen LogP contribution in [0.5, 0.6) is 0 Å². The molecule has 0 atom stereocenters. The van der Waals surface area contributed by atoms with Gasteiger partial charge in [-0.05, 0) is 37.8 Å². The molecule has 70 valence electrons. The van der Waals surface area contributed by atoms with Gasteiger partial charge in [-0.15, -0.1) is 0 Å². The Morgan fingerprint density at radius 3 is 2.83 bits per heavy atom. The molecular weight excluding hydrogens is 146 g/mol. The average molecular weight is 167 g/mol.